The number of nitrogens with one attached hydrogen (secondary N) is 1. The van der Waals surface area contributed by atoms with Gasteiger partial charge in [0.25, 0.3) is 5.91 Å². The van der Waals surface area contributed by atoms with Gasteiger partial charge in [-0.15, -0.1) is 0 Å². The lowest BCUT2D eigenvalue weighted by Gasteiger charge is -2.07. The monoisotopic (exact) mass is 328 g/mol. The number of methoxy groups -OCH3 is 1. The van der Waals surface area contributed by atoms with Gasteiger partial charge in [-0.1, -0.05) is 6.07 Å². The number of hydrogen-bond acceptors (Lipinski definition) is 6. The Labute approximate surface area is 138 Å². The molecule has 7 nitrogen and oxygen atoms in total. The highest BCUT2D eigenvalue weighted by Crippen LogP contribution is 2.17. The molecule has 0 aliphatic rings. The Morgan fingerprint density at radius 3 is 2.92 bits per heavy atom. The number of carbonyl (C=O) groups excluding carboxylic acids is 2. The molecule has 1 aromatic heterocycles. The second-order valence-electron chi connectivity index (χ2n) is 4.79. The molecule has 2 aromatic rings. The highest BCUT2D eigenvalue weighted by Gasteiger charge is 2.16. The minimum Gasteiger partial charge on any atom is -0.489 e. The van der Waals surface area contributed by atoms with Crippen LogP contribution in [0.15, 0.2) is 41.0 Å². The van der Waals surface area contributed by atoms with Crippen molar-refractivity contribution in [2.75, 3.05) is 13.7 Å². The molecule has 1 amide bonds. The maximum absolute atomic E-state index is 12.1. The topological polar surface area (TPSA) is 102 Å². The molecule has 0 aliphatic carbocycles. The number of rotatable bonds is 7. The second-order valence-corrected chi connectivity index (χ2v) is 4.79. The van der Waals surface area contributed by atoms with Gasteiger partial charge in [-0.05, 0) is 24.3 Å². The van der Waals surface area contributed by atoms with Gasteiger partial charge in [0.1, 0.15) is 12.4 Å². The lowest BCUT2D eigenvalue weighted by atomic mass is 10.2. The van der Waals surface area contributed by atoms with Crippen LogP contribution in [0.25, 0.3) is 0 Å². The molecule has 1 heterocycles. The van der Waals surface area contributed by atoms with Crippen molar-refractivity contribution in [2.24, 2.45) is 0 Å². The van der Waals surface area contributed by atoms with Gasteiger partial charge >= 0.3 is 5.97 Å². The van der Waals surface area contributed by atoms with Crippen LogP contribution in [0.5, 0.6) is 5.75 Å². The van der Waals surface area contributed by atoms with E-state index in [2.05, 4.69) is 10.1 Å². The van der Waals surface area contributed by atoms with Crippen LogP contribution >= 0.6 is 0 Å². The van der Waals surface area contributed by atoms with Crippen LogP contribution in [0.4, 0.5) is 0 Å². The third-order valence-corrected chi connectivity index (χ3v) is 3.15. The van der Waals surface area contributed by atoms with Crippen molar-refractivity contribution in [1.29, 1.82) is 5.26 Å². The Morgan fingerprint density at radius 1 is 1.33 bits per heavy atom. The number of nitrogens with zero attached hydrogens (tertiary/aromatic N) is 1. The van der Waals surface area contributed by atoms with Gasteiger partial charge in [0.2, 0.25) is 0 Å². The summed E-state index contributed by atoms with van der Waals surface area (Å²) in [7, 11) is 1.29. The summed E-state index contributed by atoms with van der Waals surface area (Å²) in [6.45, 7) is 0.266. The zero-order valence-corrected chi connectivity index (χ0v) is 13.1. The fraction of sp³-hybridized carbons (Fsp3) is 0.235. The Morgan fingerprint density at radius 2 is 2.17 bits per heavy atom. The highest BCUT2D eigenvalue weighted by molar-refractivity contribution is 5.93. The Hall–Kier alpha value is -3.27. The minimum atomic E-state index is -0.437. The molecular weight excluding hydrogens is 312 g/mol. The molecule has 24 heavy (non-hydrogen) atoms. The molecule has 0 aliphatic heterocycles. The molecule has 1 aromatic carbocycles. The number of amides is 1. The molecule has 0 saturated carbocycles. The van der Waals surface area contributed by atoms with Crippen molar-refractivity contribution in [1.82, 2.24) is 5.32 Å². The number of nitriles is 1. The molecule has 124 valence electrons. The summed E-state index contributed by atoms with van der Waals surface area (Å²) in [5, 5.41) is 11.4. The summed E-state index contributed by atoms with van der Waals surface area (Å²) in [6.07, 6.45) is 1.47. The highest BCUT2D eigenvalue weighted by atomic mass is 16.5. The quantitative estimate of drug-likeness (QED) is 0.780. The maximum atomic E-state index is 12.1. The van der Waals surface area contributed by atoms with E-state index >= 15 is 0 Å². The second kappa shape index (κ2) is 8.39. The SMILES string of the molecule is COC(=O)CCNC(=O)c1occc1COc1cccc(C#N)c1. The van der Waals surface area contributed by atoms with E-state index in [9.17, 15) is 9.59 Å². The van der Waals surface area contributed by atoms with E-state index in [1.54, 1.807) is 30.3 Å². The van der Waals surface area contributed by atoms with Crippen LogP contribution in [-0.4, -0.2) is 25.5 Å². The van der Waals surface area contributed by atoms with Crippen molar-refractivity contribution in [3.05, 3.63) is 53.5 Å². The fourth-order valence-corrected chi connectivity index (χ4v) is 1.93. The van der Waals surface area contributed by atoms with Crippen molar-refractivity contribution >= 4 is 11.9 Å². The minimum absolute atomic E-state index is 0.0791. The van der Waals surface area contributed by atoms with Crippen molar-refractivity contribution in [3.63, 3.8) is 0 Å². The molecule has 0 fully saturated rings. The first-order valence-corrected chi connectivity index (χ1v) is 7.18. The van der Waals surface area contributed by atoms with Gasteiger partial charge in [0.15, 0.2) is 5.76 Å². The predicted molar refractivity (Wildman–Crippen MR) is 83.2 cm³/mol. The summed E-state index contributed by atoms with van der Waals surface area (Å²) in [5.41, 5.74) is 1.05. The summed E-state index contributed by atoms with van der Waals surface area (Å²) in [5.74, 6) is -0.201. The van der Waals surface area contributed by atoms with Crippen molar-refractivity contribution in [2.45, 2.75) is 13.0 Å². The normalized spacial score (nSPS) is 9.83. The van der Waals surface area contributed by atoms with Crippen LogP contribution in [0.3, 0.4) is 0 Å². The van der Waals surface area contributed by atoms with E-state index < -0.39 is 11.9 Å². The van der Waals surface area contributed by atoms with Crippen molar-refractivity contribution in [3.8, 4) is 11.8 Å². The molecular formula is C17H16N2O5. The molecule has 1 N–H and O–H groups in total. The van der Waals surface area contributed by atoms with Crippen LogP contribution in [0.2, 0.25) is 0 Å². The lowest BCUT2D eigenvalue weighted by Crippen LogP contribution is -2.26. The zero-order chi connectivity index (χ0) is 17.4. The summed E-state index contributed by atoms with van der Waals surface area (Å²) in [4.78, 5) is 23.1. The summed E-state index contributed by atoms with van der Waals surface area (Å²) >= 11 is 0. The van der Waals surface area contributed by atoms with E-state index in [4.69, 9.17) is 14.4 Å². The number of furan rings is 1. The lowest BCUT2D eigenvalue weighted by molar-refractivity contribution is -0.140. The third kappa shape index (κ3) is 4.61. The fourth-order valence-electron chi connectivity index (χ4n) is 1.93. The molecule has 0 unspecified atom stereocenters. The van der Waals surface area contributed by atoms with Gasteiger partial charge in [0.05, 0.1) is 31.4 Å². The molecule has 7 heteroatoms. The van der Waals surface area contributed by atoms with E-state index in [0.29, 0.717) is 16.9 Å². The van der Waals surface area contributed by atoms with Gasteiger partial charge in [-0.2, -0.15) is 5.26 Å². The summed E-state index contributed by atoms with van der Waals surface area (Å²) in [6, 6.07) is 10.4. The number of esters is 1. The molecule has 0 spiro atoms. The Bertz CT molecular complexity index is 760. The van der Waals surface area contributed by atoms with Gasteiger partial charge < -0.3 is 19.2 Å². The largest absolute Gasteiger partial charge is 0.489 e. The predicted octanol–water partition coefficient (Wildman–Crippen LogP) is 2.02. The average molecular weight is 328 g/mol. The van der Waals surface area contributed by atoms with Gasteiger partial charge in [-0.3, -0.25) is 9.59 Å². The van der Waals surface area contributed by atoms with Crippen LogP contribution in [0, 0.1) is 11.3 Å². The van der Waals surface area contributed by atoms with E-state index in [1.165, 1.54) is 13.4 Å². The summed E-state index contributed by atoms with van der Waals surface area (Å²) < 4.78 is 15.3. The maximum Gasteiger partial charge on any atom is 0.307 e. The number of hydrogen-bond donors (Lipinski definition) is 1. The first kappa shape index (κ1) is 17.1. The van der Waals surface area contributed by atoms with Crippen LogP contribution in [-0.2, 0) is 16.1 Å². The van der Waals surface area contributed by atoms with Crippen LogP contribution in [0.1, 0.15) is 28.1 Å². The number of ether oxygens (including phenoxy) is 2. The van der Waals surface area contributed by atoms with Crippen LogP contribution < -0.4 is 10.1 Å². The first-order chi connectivity index (χ1) is 11.6. The Balaban J connectivity index is 1.93. The Kier molecular flexibility index (Phi) is 5.97. The smallest absolute Gasteiger partial charge is 0.307 e. The number of benzene rings is 1. The number of carbonyl (C=O) groups is 2. The molecule has 0 saturated heterocycles. The van der Waals surface area contributed by atoms with Crippen molar-refractivity contribution < 1.29 is 23.5 Å². The zero-order valence-electron chi connectivity index (χ0n) is 13.1. The van der Waals surface area contributed by atoms with Gasteiger partial charge in [-0.25, -0.2) is 0 Å². The van der Waals surface area contributed by atoms with Gasteiger partial charge in [0, 0.05) is 12.1 Å². The van der Waals surface area contributed by atoms with E-state index in [1.807, 2.05) is 6.07 Å². The average Bonchev–Trinajstić information content (AvgIpc) is 3.08. The molecule has 0 atom stereocenters. The molecule has 0 bridgehead atoms. The molecule has 0 radical (unpaired) electrons. The molecule has 2 rings (SSSR count). The standard InChI is InChI=1S/C17H16N2O5/c1-22-15(20)5-7-19-17(21)16-13(6-8-23-16)11-24-14-4-2-3-12(9-14)10-18/h2-4,6,8-9H,5,7,11H2,1H3,(H,19,21). The third-order valence-electron chi connectivity index (χ3n) is 3.15. The van der Waals surface area contributed by atoms with E-state index in [0.717, 1.165) is 0 Å². The van der Waals surface area contributed by atoms with E-state index in [-0.39, 0.29) is 25.3 Å². The first-order valence-electron chi connectivity index (χ1n) is 7.18.